The Bertz CT molecular complexity index is 1410. The monoisotopic (exact) mass is 528 g/mol. The number of aliphatic hydroxyl groups is 1. The third-order valence-electron chi connectivity index (χ3n) is 6.55. The molecule has 1 saturated heterocycles. The summed E-state index contributed by atoms with van der Waals surface area (Å²) in [5.74, 6) is -1.43. The molecule has 1 unspecified atom stereocenters. The van der Waals surface area contributed by atoms with E-state index in [1.54, 1.807) is 87.9 Å². The number of amides is 1. The van der Waals surface area contributed by atoms with Crippen molar-refractivity contribution in [2.75, 3.05) is 7.11 Å². The maximum atomic E-state index is 13.4. The van der Waals surface area contributed by atoms with Gasteiger partial charge in [-0.3, -0.25) is 14.6 Å². The number of methoxy groups -OCH3 is 1. The Morgan fingerprint density at radius 3 is 2.31 bits per heavy atom. The van der Waals surface area contributed by atoms with Gasteiger partial charge in [0, 0.05) is 24.5 Å². The number of aromatic nitrogens is 1. The van der Waals surface area contributed by atoms with Gasteiger partial charge in [-0.15, -0.1) is 0 Å². The summed E-state index contributed by atoms with van der Waals surface area (Å²) in [5, 5.41) is 11.4. The largest absolute Gasteiger partial charge is 0.507 e. The molecule has 8 nitrogen and oxygen atoms in total. The van der Waals surface area contributed by atoms with Crippen LogP contribution in [-0.2, 0) is 20.9 Å². The van der Waals surface area contributed by atoms with Crippen LogP contribution in [0.3, 0.4) is 0 Å². The van der Waals surface area contributed by atoms with Gasteiger partial charge in [-0.1, -0.05) is 32.0 Å². The zero-order valence-corrected chi connectivity index (χ0v) is 22.7. The first-order chi connectivity index (χ1) is 18.6. The summed E-state index contributed by atoms with van der Waals surface area (Å²) in [5.41, 5.74) is 2.96. The minimum atomic E-state index is -0.853. The summed E-state index contributed by atoms with van der Waals surface area (Å²) in [7, 11) is 1.58. The normalized spacial score (nSPS) is 16.7. The quantitative estimate of drug-likeness (QED) is 0.181. The van der Waals surface area contributed by atoms with Gasteiger partial charge in [0.25, 0.3) is 11.7 Å². The molecule has 1 aliphatic heterocycles. The molecule has 1 N–H and O–H groups in total. The molecule has 202 valence electrons. The fraction of sp³-hybridized carbons (Fsp3) is 0.290. The number of hydrogen-bond donors (Lipinski definition) is 1. The molecule has 1 aromatic heterocycles. The van der Waals surface area contributed by atoms with Crippen molar-refractivity contribution in [3.63, 3.8) is 0 Å². The lowest BCUT2D eigenvalue weighted by atomic mass is 9.93. The van der Waals surface area contributed by atoms with Crippen molar-refractivity contribution in [2.24, 2.45) is 0 Å². The molecule has 39 heavy (non-hydrogen) atoms. The SMILES string of the molecule is COc1ccc(/C(O)=C2/C(=O)C(=O)N(Cc3ccc(C(=O)OC(C)C)cc3)C2c2cccnc2)cc1C(C)C. The Morgan fingerprint density at radius 1 is 1.03 bits per heavy atom. The Kier molecular flexibility index (Phi) is 8.14. The third-order valence-corrected chi connectivity index (χ3v) is 6.55. The summed E-state index contributed by atoms with van der Waals surface area (Å²) in [6.45, 7) is 7.64. The van der Waals surface area contributed by atoms with Crippen molar-refractivity contribution >= 4 is 23.4 Å². The Morgan fingerprint density at radius 2 is 1.72 bits per heavy atom. The van der Waals surface area contributed by atoms with Crippen LogP contribution in [0.4, 0.5) is 0 Å². The van der Waals surface area contributed by atoms with Gasteiger partial charge in [0.1, 0.15) is 11.5 Å². The van der Waals surface area contributed by atoms with E-state index in [0.717, 1.165) is 5.56 Å². The third kappa shape index (κ3) is 5.70. The molecule has 1 aliphatic rings. The second-order valence-electron chi connectivity index (χ2n) is 9.98. The van der Waals surface area contributed by atoms with Gasteiger partial charge >= 0.3 is 5.97 Å². The van der Waals surface area contributed by atoms with E-state index < -0.39 is 23.7 Å². The first-order valence-corrected chi connectivity index (χ1v) is 12.8. The fourth-order valence-electron chi connectivity index (χ4n) is 4.64. The van der Waals surface area contributed by atoms with Crippen LogP contribution in [0.15, 0.2) is 72.6 Å². The van der Waals surface area contributed by atoms with E-state index in [2.05, 4.69) is 4.98 Å². The summed E-state index contributed by atoms with van der Waals surface area (Å²) in [4.78, 5) is 44.5. The lowest BCUT2D eigenvalue weighted by molar-refractivity contribution is -0.140. The molecule has 0 aliphatic carbocycles. The van der Waals surface area contributed by atoms with Crippen molar-refractivity contribution in [3.8, 4) is 5.75 Å². The number of carbonyl (C=O) groups excluding carboxylic acids is 3. The molecule has 0 bridgehead atoms. The Labute approximate surface area is 227 Å². The molecule has 1 atom stereocenters. The Hall–Kier alpha value is -4.46. The topological polar surface area (TPSA) is 106 Å². The summed E-state index contributed by atoms with van der Waals surface area (Å²) in [6.07, 6.45) is 2.93. The number of esters is 1. The molecule has 3 aromatic rings. The van der Waals surface area contributed by atoms with E-state index in [0.29, 0.717) is 28.0 Å². The first-order valence-electron chi connectivity index (χ1n) is 12.8. The average Bonchev–Trinajstić information content (AvgIpc) is 3.17. The molecule has 0 saturated carbocycles. The van der Waals surface area contributed by atoms with Crippen LogP contribution in [0.5, 0.6) is 5.75 Å². The number of rotatable bonds is 8. The lowest BCUT2D eigenvalue weighted by Crippen LogP contribution is -2.29. The summed E-state index contributed by atoms with van der Waals surface area (Å²) < 4.78 is 10.7. The molecule has 1 amide bonds. The number of ketones is 1. The van der Waals surface area contributed by atoms with Crippen molar-refractivity contribution in [1.29, 1.82) is 0 Å². The molecule has 8 heteroatoms. The first kappa shape index (κ1) is 27.6. The van der Waals surface area contributed by atoms with Crippen LogP contribution in [0.25, 0.3) is 5.76 Å². The van der Waals surface area contributed by atoms with Crippen LogP contribution in [0.2, 0.25) is 0 Å². The van der Waals surface area contributed by atoms with E-state index >= 15 is 0 Å². The molecule has 1 fully saturated rings. The second kappa shape index (κ2) is 11.5. The van der Waals surface area contributed by atoms with Gasteiger partial charge in [0.05, 0.1) is 30.4 Å². The van der Waals surface area contributed by atoms with Crippen LogP contribution < -0.4 is 4.74 Å². The summed E-state index contributed by atoms with van der Waals surface area (Å²) in [6, 6.07) is 14.5. The number of likely N-dealkylation sites (tertiary alicyclic amines) is 1. The predicted octanol–water partition coefficient (Wildman–Crippen LogP) is 5.40. The van der Waals surface area contributed by atoms with Crippen LogP contribution >= 0.6 is 0 Å². The number of ether oxygens (including phenoxy) is 2. The van der Waals surface area contributed by atoms with Gasteiger partial charge in [0.2, 0.25) is 0 Å². The number of benzene rings is 2. The smallest absolute Gasteiger partial charge is 0.338 e. The second-order valence-corrected chi connectivity index (χ2v) is 9.98. The molecule has 2 aromatic carbocycles. The maximum Gasteiger partial charge on any atom is 0.338 e. The van der Waals surface area contributed by atoms with Gasteiger partial charge in [0.15, 0.2) is 0 Å². The van der Waals surface area contributed by atoms with E-state index in [1.165, 1.54) is 4.90 Å². The lowest BCUT2D eigenvalue weighted by Gasteiger charge is -2.25. The highest BCUT2D eigenvalue weighted by Gasteiger charge is 2.46. The van der Waals surface area contributed by atoms with E-state index in [1.807, 2.05) is 13.8 Å². The number of pyridine rings is 1. The van der Waals surface area contributed by atoms with Gasteiger partial charge in [-0.05, 0) is 72.9 Å². The van der Waals surface area contributed by atoms with E-state index in [-0.39, 0.29) is 29.9 Å². The Balaban J connectivity index is 1.76. The summed E-state index contributed by atoms with van der Waals surface area (Å²) >= 11 is 0. The van der Waals surface area contributed by atoms with E-state index in [9.17, 15) is 19.5 Å². The number of nitrogens with zero attached hydrogens (tertiary/aromatic N) is 2. The highest BCUT2D eigenvalue weighted by molar-refractivity contribution is 6.46. The molecule has 0 radical (unpaired) electrons. The van der Waals surface area contributed by atoms with Gasteiger partial charge in [-0.25, -0.2) is 4.79 Å². The number of aliphatic hydroxyl groups excluding tert-OH is 1. The molecule has 4 rings (SSSR count). The van der Waals surface area contributed by atoms with Crippen LogP contribution in [-0.4, -0.2) is 45.9 Å². The number of hydrogen-bond acceptors (Lipinski definition) is 7. The molecular formula is C31H32N2O6. The van der Waals surface area contributed by atoms with E-state index in [4.69, 9.17) is 9.47 Å². The maximum absolute atomic E-state index is 13.4. The van der Waals surface area contributed by atoms with Crippen molar-refractivity contribution < 1.29 is 29.0 Å². The van der Waals surface area contributed by atoms with Gasteiger partial charge < -0.3 is 19.5 Å². The number of Topliss-reactive ketones (excluding diaryl/α,β-unsaturated/α-hetero) is 1. The fourth-order valence-corrected chi connectivity index (χ4v) is 4.64. The van der Waals surface area contributed by atoms with Crippen molar-refractivity contribution in [2.45, 2.75) is 52.3 Å². The number of carbonyl (C=O) groups is 3. The zero-order chi connectivity index (χ0) is 28.3. The molecule has 0 spiro atoms. The standard InChI is InChI=1S/C31H32N2O6/c1-18(2)24-15-22(12-13-25(24)38-5)28(34)26-27(23-7-6-14-32-16-23)33(30(36)29(26)35)17-20-8-10-21(11-9-20)31(37)39-19(3)4/h6-16,18-19,27,34H,17H2,1-5H3/b28-26-. The molecular weight excluding hydrogens is 496 g/mol. The van der Waals surface area contributed by atoms with Crippen molar-refractivity contribution in [1.82, 2.24) is 9.88 Å². The average molecular weight is 529 g/mol. The predicted molar refractivity (Wildman–Crippen MR) is 146 cm³/mol. The van der Waals surface area contributed by atoms with Crippen LogP contribution in [0.1, 0.15) is 72.3 Å². The molecule has 2 heterocycles. The zero-order valence-electron chi connectivity index (χ0n) is 22.7. The van der Waals surface area contributed by atoms with Gasteiger partial charge in [-0.2, -0.15) is 0 Å². The highest BCUT2D eigenvalue weighted by Crippen LogP contribution is 2.41. The van der Waals surface area contributed by atoms with Crippen LogP contribution in [0, 0.1) is 0 Å². The minimum Gasteiger partial charge on any atom is -0.507 e. The minimum absolute atomic E-state index is 0.00926. The highest BCUT2D eigenvalue weighted by atomic mass is 16.5. The van der Waals surface area contributed by atoms with Crippen molar-refractivity contribution in [3.05, 3.63) is 100 Å².